The van der Waals surface area contributed by atoms with Gasteiger partial charge in [-0.2, -0.15) is 0 Å². The quantitative estimate of drug-likeness (QED) is 0.379. The molecule has 196 valence electrons. The molecule has 3 N–H and O–H groups in total. The Kier molecular flexibility index (Phi) is 7.98. The standard InChI is InChI=1S/C27H33N5O5/c1-18-25-4-6-32(13-19(25)2-3-26(18)36-16-24-12-29-17-37-24)14-23(33)11-30-27(34)20-8-22(10-28-9-20)31-21-5-7-35-15-21/h2-3,8-10,12,17,21,23,31,33H,4-7,11,13-16H2,1H3,(H,30,34)/t21?,23-/m0/s1. The van der Waals surface area contributed by atoms with E-state index in [1.165, 1.54) is 23.7 Å². The summed E-state index contributed by atoms with van der Waals surface area (Å²) in [4.78, 5) is 22.9. The average molecular weight is 508 g/mol. The molecule has 2 aliphatic rings. The predicted molar refractivity (Wildman–Crippen MR) is 136 cm³/mol. The van der Waals surface area contributed by atoms with Gasteiger partial charge in [0.2, 0.25) is 0 Å². The summed E-state index contributed by atoms with van der Waals surface area (Å²) in [6.07, 6.45) is 7.40. The van der Waals surface area contributed by atoms with E-state index in [1.54, 1.807) is 18.5 Å². The smallest absolute Gasteiger partial charge is 0.253 e. The zero-order valence-electron chi connectivity index (χ0n) is 21.0. The van der Waals surface area contributed by atoms with Crippen LogP contribution in [0.5, 0.6) is 5.75 Å². The molecular weight excluding hydrogens is 474 g/mol. The molecule has 2 aromatic heterocycles. The van der Waals surface area contributed by atoms with Crippen LogP contribution >= 0.6 is 0 Å². The van der Waals surface area contributed by atoms with Crippen LogP contribution in [-0.4, -0.2) is 70.9 Å². The van der Waals surface area contributed by atoms with Crippen molar-refractivity contribution in [3.8, 4) is 5.75 Å². The lowest BCUT2D eigenvalue weighted by atomic mass is 9.94. The first-order valence-electron chi connectivity index (χ1n) is 12.6. The number of benzene rings is 1. The van der Waals surface area contributed by atoms with Crippen LogP contribution < -0.4 is 15.4 Å². The number of anilines is 1. The topological polar surface area (TPSA) is 122 Å². The van der Waals surface area contributed by atoms with E-state index in [9.17, 15) is 9.90 Å². The summed E-state index contributed by atoms with van der Waals surface area (Å²) in [5.41, 5.74) is 4.90. The van der Waals surface area contributed by atoms with Crippen molar-refractivity contribution >= 4 is 11.6 Å². The Morgan fingerprint density at radius 3 is 3.03 bits per heavy atom. The van der Waals surface area contributed by atoms with Gasteiger partial charge in [0, 0.05) is 45.2 Å². The highest BCUT2D eigenvalue weighted by Gasteiger charge is 2.22. The number of oxazole rings is 1. The Balaban J connectivity index is 1.10. The van der Waals surface area contributed by atoms with Crippen molar-refractivity contribution in [1.82, 2.24) is 20.2 Å². The number of rotatable bonds is 10. The van der Waals surface area contributed by atoms with E-state index in [-0.39, 0.29) is 18.5 Å². The highest BCUT2D eigenvalue weighted by Crippen LogP contribution is 2.30. The second kappa shape index (κ2) is 11.7. The maximum absolute atomic E-state index is 12.6. The monoisotopic (exact) mass is 507 g/mol. The zero-order chi connectivity index (χ0) is 25.6. The number of aliphatic hydroxyl groups excluding tert-OH is 1. The Morgan fingerprint density at radius 1 is 1.30 bits per heavy atom. The number of pyridine rings is 1. The minimum Gasteiger partial charge on any atom is -0.485 e. The van der Waals surface area contributed by atoms with E-state index >= 15 is 0 Å². The second-order valence-electron chi connectivity index (χ2n) is 9.60. The van der Waals surface area contributed by atoms with Crippen molar-refractivity contribution in [3.05, 3.63) is 71.2 Å². The first kappa shape index (κ1) is 25.2. The molecule has 5 rings (SSSR count). The highest BCUT2D eigenvalue weighted by molar-refractivity contribution is 5.94. The summed E-state index contributed by atoms with van der Waals surface area (Å²) in [6, 6.07) is 6.09. The summed E-state index contributed by atoms with van der Waals surface area (Å²) in [5.74, 6) is 1.27. The van der Waals surface area contributed by atoms with Gasteiger partial charge in [0.15, 0.2) is 12.2 Å². The number of fused-ring (bicyclic) bond motifs is 1. The fraction of sp³-hybridized carbons (Fsp3) is 0.444. The molecule has 0 radical (unpaired) electrons. The number of β-amino-alcohol motifs (C(OH)–C–C–N with tert-alkyl or cyclic N) is 1. The van der Waals surface area contributed by atoms with Gasteiger partial charge in [0.05, 0.1) is 36.2 Å². The lowest BCUT2D eigenvalue weighted by Gasteiger charge is -2.31. The Hall–Kier alpha value is -3.47. The maximum atomic E-state index is 12.6. The largest absolute Gasteiger partial charge is 0.485 e. The molecule has 0 saturated carbocycles. The Labute approximate surface area is 216 Å². The molecule has 0 spiro atoms. The molecule has 37 heavy (non-hydrogen) atoms. The highest BCUT2D eigenvalue weighted by atomic mass is 16.5. The molecule has 1 fully saturated rings. The fourth-order valence-electron chi connectivity index (χ4n) is 4.85. The van der Waals surface area contributed by atoms with E-state index < -0.39 is 6.10 Å². The Bertz CT molecular complexity index is 1200. The van der Waals surface area contributed by atoms with Gasteiger partial charge in [-0.05, 0) is 48.6 Å². The molecule has 3 aromatic rings. The first-order valence-corrected chi connectivity index (χ1v) is 12.6. The summed E-state index contributed by atoms with van der Waals surface area (Å²) in [5, 5.41) is 16.8. The minimum absolute atomic E-state index is 0.170. The lowest BCUT2D eigenvalue weighted by molar-refractivity contribution is 0.0841. The van der Waals surface area contributed by atoms with Crippen molar-refractivity contribution in [3.63, 3.8) is 0 Å². The van der Waals surface area contributed by atoms with Gasteiger partial charge in [0.25, 0.3) is 5.91 Å². The summed E-state index contributed by atoms with van der Waals surface area (Å²) in [6.45, 7) is 6.03. The Morgan fingerprint density at radius 2 is 2.22 bits per heavy atom. The van der Waals surface area contributed by atoms with Crippen molar-refractivity contribution in [2.75, 3.05) is 38.2 Å². The number of nitrogens with zero attached hydrogens (tertiary/aromatic N) is 3. The molecule has 0 aliphatic carbocycles. The van der Waals surface area contributed by atoms with Crippen LogP contribution in [0.15, 0.2) is 47.6 Å². The van der Waals surface area contributed by atoms with Crippen molar-refractivity contribution < 1.29 is 23.8 Å². The molecule has 2 aliphatic heterocycles. The lowest BCUT2D eigenvalue weighted by Crippen LogP contribution is -2.42. The number of aliphatic hydroxyl groups is 1. The van der Waals surface area contributed by atoms with Crippen LogP contribution in [-0.2, 0) is 24.3 Å². The van der Waals surface area contributed by atoms with Crippen LogP contribution in [0.4, 0.5) is 5.69 Å². The molecule has 10 heteroatoms. The molecule has 4 heterocycles. The number of carbonyl (C=O) groups is 1. The maximum Gasteiger partial charge on any atom is 0.253 e. The predicted octanol–water partition coefficient (Wildman–Crippen LogP) is 2.31. The van der Waals surface area contributed by atoms with Crippen LogP contribution in [0, 0.1) is 6.92 Å². The molecule has 0 bridgehead atoms. The fourth-order valence-corrected chi connectivity index (χ4v) is 4.85. The number of carbonyl (C=O) groups excluding carboxylic acids is 1. The number of amides is 1. The second-order valence-corrected chi connectivity index (χ2v) is 9.60. The van der Waals surface area contributed by atoms with Crippen LogP contribution in [0.3, 0.4) is 0 Å². The zero-order valence-corrected chi connectivity index (χ0v) is 21.0. The molecule has 1 amide bonds. The first-order chi connectivity index (χ1) is 18.0. The number of hydrogen-bond donors (Lipinski definition) is 3. The molecule has 1 saturated heterocycles. The van der Waals surface area contributed by atoms with Crippen LogP contribution in [0.1, 0.15) is 39.2 Å². The van der Waals surface area contributed by atoms with Gasteiger partial charge in [0.1, 0.15) is 12.4 Å². The summed E-state index contributed by atoms with van der Waals surface area (Å²) < 4.78 is 16.6. The van der Waals surface area contributed by atoms with Crippen molar-refractivity contribution in [2.45, 2.75) is 45.1 Å². The third kappa shape index (κ3) is 6.46. The SMILES string of the molecule is Cc1c(OCc2cnco2)ccc2c1CCN(C[C@@H](O)CNC(=O)c1cncc(NC3CCOC3)c1)C2. The number of aromatic nitrogens is 2. The van der Waals surface area contributed by atoms with Gasteiger partial charge in [-0.1, -0.05) is 6.07 Å². The number of ether oxygens (including phenoxy) is 2. The van der Waals surface area contributed by atoms with Gasteiger partial charge in [-0.25, -0.2) is 4.98 Å². The van der Waals surface area contributed by atoms with E-state index in [4.69, 9.17) is 13.9 Å². The molecule has 10 nitrogen and oxygen atoms in total. The third-order valence-electron chi connectivity index (χ3n) is 6.84. The van der Waals surface area contributed by atoms with Gasteiger partial charge < -0.3 is 29.6 Å². The van der Waals surface area contributed by atoms with E-state index in [2.05, 4.69) is 38.5 Å². The summed E-state index contributed by atoms with van der Waals surface area (Å²) in [7, 11) is 0. The minimum atomic E-state index is -0.680. The third-order valence-corrected chi connectivity index (χ3v) is 6.84. The van der Waals surface area contributed by atoms with Crippen LogP contribution in [0.2, 0.25) is 0 Å². The average Bonchev–Trinajstić information content (AvgIpc) is 3.62. The summed E-state index contributed by atoms with van der Waals surface area (Å²) >= 11 is 0. The number of hydrogen-bond acceptors (Lipinski definition) is 9. The molecule has 2 atom stereocenters. The molecule has 1 unspecified atom stereocenters. The normalized spacial score (nSPS) is 18.3. The number of nitrogens with one attached hydrogen (secondary N) is 2. The van der Waals surface area contributed by atoms with Gasteiger partial charge >= 0.3 is 0 Å². The van der Waals surface area contributed by atoms with Gasteiger partial charge in [-0.3, -0.25) is 14.7 Å². The van der Waals surface area contributed by atoms with E-state index in [0.717, 1.165) is 49.5 Å². The van der Waals surface area contributed by atoms with E-state index in [0.29, 0.717) is 31.1 Å². The van der Waals surface area contributed by atoms with Crippen molar-refractivity contribution in [2.24, 2.45) is 0 Å². The van der Waals surface area contributed by atoms with Crippen molar-refractivity contribution in [1.29, 1.82) is 0 Å². The molecular formula is C27H33N5O5. The van der Waals surface area contributed by atoms with Crippen LogP contribution in [0.25, 0.3) is 0 Å². The molecule has 1 aromatic carbocycles. The van der Waals surface area contributed by atoms with E-state index in [1.807, 2.05) is 6.07 Å². The van der Waals surface area contributed by atoms with Gasteiger partial charge in [-0.15, -0.1) is 0 Å².